The van der Waals surface area contributed by atoms with E-state index in [4.69, 9.17) is 38.0 Å². The number of amides is 1. The quantitative estimate of drug-likeness (QED) is 0.128. The highest BCUT2D eigenvalue weighted by Gasteiger charge is 2.42. The summed E-state index contributed by atoms with van der Waals surface area (Å²) in [6, 6.07) is 19.1. The van der Waals surface area contributed by atoms with Crippen molar-refractivity contribution in [3.05, 3.63) is 97.8 Å². The van der Waals surface area contributed by atoms with Crippen molar-refractivity contribution >= 4 is 73.8 Å². The van der Waals surface area contributed by atoms with Crippen molar-refractivity contribution < 1.29 is 23.8 Å². The molecule has 1 fully saturated rings. The Balaban J connectivity index is 1.63. The number of ether oxygens (including phenoxy) is 3. The van der Waals surface area contributed by atoms with Gasteiger partial charge in [-0.05, 0) is 65.2 Å². The van der Waals surface area contributed by atoms with E-state index in [1.807, 2.05) is 43.3 Å². The summed E-state index contributed by atoms with van der Waals surface area (Å²) < 4.78 is 18.1. The molecule has 0 aromatic heterocycles. The van der Waals surface area contributed by atoms with Gasteiger partial charge in [0.1, 0.15) is 10.9 Å². The Hall–Kier alpha value is -2.85. The molecule has 1 unspecified atom stereocenters. The standard InChI is InChI=1S/C29H25BrClNO5S2/c1-3-35-23-15-18(14-21(30)26(23)37-17-20-12-8-9-13-22(20)31)16-24-27(33)32(29(38)39-24)25(28(34)36-4-2)19-10-6-5-7-11-19/h5-16,25H,3-4,17H2,1-2H3/b24-16-. The zero-order chi connectivity index (χ0) is 27.9. The van der Waals surface area contributed by atoms with Crippen LogP contribution >= 0.6 is 51.5 Å². The van der Waals surface area contributed by atoms with Crippen molar-refractivity contribution in [1.29, 1.82) is 0 Å². The predicted molar refractivity (Wildman–Crippen MR) is 162 cm³/mol. The molecular formula is C29H25BrClNO5S2. The smallest absolute Gasteiger partial charge is 0.333 e. The van der Waals surface area contributed by atoms with E-state index in [9.17, 15) is 9.59 Å². The molecule has 10 heteroatoms. The van der Waals surface area contributed by atoms with Crippen molar-refractivity contribution in [2.24, 2.45) is 0 Å². The molecule has 1 atom stereocenters. The number of thiocarbonyl (C=S) groups is 1. The van der Waals surface area contributed by atoms with Crippen LogP contribution in [0.4, 0.5) is 0 Å². The molecule has 0 aliphatic carbocycles. The molecular weight excluding hydrogens is 622 g/mol. The summed E-state index contributed by atoms with van der Waals surface area (Å²) in [4.78, 5) is 28.2. The summed E-state index contributed by atoms with van der Waals surface area (Å²) in [5, 5.41) is 0.613. The number of benzene rings is 3. The molecule has 39 heavy (non-hydrogen) atoms. The minimum atomic E-state index is -0.976. The van der Waals surface area contributed by atoms with Crippen LogP contribution in [0.2, 0.25) is 5.02 Å². The van der Waals surface area contributed by atoms with E-state index in [-0.39, 0.29) is 23.4 Å². The number of hydrogen-bond acceptors (Lipinski definition) is 7. The molecule has 4 rings (SSSR count). The van der Waals surface area contributed by atoms with Gasteiger partial charge in [0, 0.05) is 10.6 Å². The Morgan fingerprint density at radius 1 is 1.08 bits per heavy atom. The van der Waals surface area contributed by atoms with E-state index in [1.54, 1.807) is 43.3 Å². The van der Waals surface area contributed by atoms with Crippen molar-refractivity contribution in [3.8, 4) is 11.5 Å². The van der Waals surface area contributed by atoms with E-state index in [0.717, 1.165) is 17.3 Å². The molecule has 1 aliphatic rings. The van der Waals surface area contributed by atoms with Crippen LogP contribution in [0.25, 0.3) is 6.08 Å². The third-order valence-corrected chi connectivity index (χ3v) is 7.95. The number of esters is 1. The first-order chi connectivity index (χ1) is 18.8. The Morgan fingerprint density at radius 2 is 1.79 bits per heavy atom. The Kier molecular flexibility index (Phi) is 10.1. The summed E-state index contributed by atoms with van der Waals surface area (Å²) in [5.74, 6) is 0.116. The minimum absolute atomic E-state index is 0.186. The highest BCUT2D eigenvalue weighted by molar-refractivity contribution is 9.10. The average Bonchev–Trinajstić information content (AvgIpc) is 3.18. The monoisotopic (exact) mass is 645 g/mol. The topological polar surface area (TPSA) is 65.1 Å². The SMILES string of the molecule is CCOC(=O)C(c1ccccc1)N1C(=O)/C(=C/c2cc(Br)c(OCc3ccccc3Cl)c(OCC)c2)SC1=S. The molecule has 1 heterocycles. The van der Waals surface area contributed by atoms with E-state index < -0.39 is 12.0 Å². The van der Waals surface area contributed by atoms with E-state index in [2.05, 4.69) is 15.9 Å². The number of halogens is 2. The Labute approximate surface area is 250 Å². The van der Waals surface area contributed by atoms with Crippen molar-refractivity contribution in [3.63, 3.8) is 0 Å². The van der Waals surface area contributed by atoms with E-state index in [0.29, 0.717) is 43.6 Å². The van der Waals surface area contributed by atoms with Gasteiger partial charge >= 0.3 is 5.97 Å². The summed E-state index contributed by atoms with van der Waals surface area (Å²) in [5.41, 5.74) is 2.16. The van der Waals surface area contributed by atoms with Gasteiger partial charge in [-0.15, -0.1) is 0 Å². The van der Waals surface area contributed by atoms with Gasteiger partial charge in [-0.25, -0.2) is 4.79 Å². The molecule has 1 aliphatic heterocycles. The fourth-order valence-corrected chi connectivity index (χ4v) is 6.02. The molecule has 1 saturated heterocycles. The summed E-state index contributed by atoms with van der Waals surface area (Å²) in [7, 11) is 0. The van der Waals surface area contributed by atoms with Crippen molar-refractivity contribution in [1.82, 2.24) is 4.90 Å². The lowest BCUT2D eigenvalue weighted by Crippen LogP contribution is -2.38. The van der Waals surface area contributed by atoms with Crippen LogP contribution < -0.4 is 9.47 Å². The van der Waals surface area contributed by atoms with Crippen molar-refractivity contribution in [2.45, 2.75) is 26.5 Å². The van der Waals surface area contributed by atoms with Crippen molar-refractivity contribution in [2.75, 3.05) is 13.2 Å². The van der Waals surface area contributed by atoms with Gasteiger partial charge in [-0.2, -0.15) is 0 Å². The van der Waals surface area contributed by atoms with E-state index in [1.165, 1.54) is 4.90 Å². The zero-order valence-electron chi connectivity index (χ0n) is 21.2. The molecule has 0 radical (unpaired) electrons. The second-order valence-electron chi connectivity index (χ2n) is 8.26. The number of carbonyl (C=O) groups is 2. The second-order valence-corrected chi connectivity index (χ2v) is 11.2. The van der Waals surface area contributed by atoms with Crippen LogP contribution in [0.5, 0.6) is 11.5 Å². The maximum Gasteiger partial charge on any atom is 0.333 e. The average molecular weight is 647 g/mol. The highest BCUT2D eigenvalue weighted by atomic mass is 79.9. The van der Waals surface area contributed by atoms with Crippen LogP contribution in [0, 0.1) is 0 Å². The first-order valence-electron chi connectivity index (χ1n) is 12.1. The third kappa shape index (κ3) is 6.84. The molecule has 6 nitrogen and oxygen atoms in total. The lowest BCUT2D eigenvalue weighted by molar-refractivity contribution is -0.151. The minimum Gasteiger partial charge on any atom is -0.490 e. The molecule has 0 spiro atoms. The molecule has 0 bridgehead atoms. The maximum atomic E-state index is 13.6. The van der Waals surface area contributed by atoms with Gasteiger partial charge < -0.3 is 14.2 Å². The highest BCUT2D eigenvalue weighted by Crippen LogP contribution is 2.42. The fraction of sp³-hybridized carbons (Fsp3) is 0.207. The number of thioether (sulfide) groups is 1. The van der Waals surface area contributed by atoms with Gasteiger partial charge in [0.25, 0.3) is 5.91 Å². The van der Waals surface area contributed by atoms with Gasteiger partial charge in [-0.1, -0.05) is 84.1 Å². The molecule has 1 amide bonds. The molecule has 202 valence electrons. The summed E-state index contributed by atoms with van der Waals surface area (Å²) >= 11 is 16.5. The molecule has 3 aromatic carbocycles. The van der Waals surface area contributed by atoms with Gasteiger partial charge in [0.2, 0.25) is 0 Å². The number of rotatable bonds is 10. The van der Waals surface area contributed by atoms with Gasteiger partial charge in [0.05, 0.1) is 22.6 Å². The molecule has 0 N–H and O–H groups in total. The van der Waals surface area contributed by atoms with Crippen LogP contribution in [-0.2, 0) is 20.9 Å². The summed E-state index contributed by atoms with van der Waals surface area (Å²) in [6.07, 6.45) is 1.72. The van der Waals surface area contributed by atoms with Crippen LogP contribution in [0.3, 0.4) is 0 Å². The Morgan fingerprint density at radius 3 is 2.49 bits per heavy atom. The number of hydrogen-bond donors (Lipinski definition) is 0. The Bertz CT molecular complexity index is 1420. The third-order valence-electron chi connectivity index (χ3n) is 5.67. The first-order valence-corrected chi connectivity index (χ1v) is 14.5. The van der Waals surface area contributed by atoms with Crippen LogP contribution in [0.1, 0.15) is 36.6 Å². The predicted octanol–water partition coefficient (Wildman–Crippen LogP) is 7.59. The van der Waals surface area contributed by atoms with E-state index >= 15 is 0 Å². The number of carbonyl (C=O) groups excluding carboxylic acids is 2. The van der Waals surface area contributed by atoms with Crippen LogP contribution in [0.15, 0.2) is 76.1 Å². The lowest BCUT2D eigenvalue weighted by atomic mass is 10.1. The molecule has 3 aromatic rings. The normalized spacial score (nSPS) is 15.0. The lowest BCUT2D eigenvalue weighted by Gasteiger charge is -2.25. The van der Waals surface area contributed by atoms with Gasteiger partial charge in [0.15, 0.2) is 17.5 Å². The zero-order valence-corrected chi connectivity index (χ0v) is 25.2. The maximum absolute atomic E-state index is 13.6. The largest absolute Gasteiger partial charge is 0.490 e. The second kappa shape index (κ2) is 13.5. The summed E-state index contributed by atoms with van der Waals surface area (Å²) in [6.45, 7) is 4.46. The van der Waals surface area contributed by atoms with Gasteiger partial charge in [-0.3, -0.25) is 9.69 Å². The number of nitrogens with zero attached hydrogens (tertiary/aromatic N) is 1. The fourth-order valence-electron chi connectivity index (χ4n) is 3.94. The first kappa shape index (κ1) is 29.1. The van der Waals surface area contributed by atoms with Crippen LogP contribution in [-0.4, -0.2) is 34.3 Å². The molecule has 0 saturated carbocycles.